The molecule has 0 saturated heterocycles. The standard InChI is InChI=1S/C21H37NO2/c1-3-5-6-7-8-9-10-11-12-13-14-15-16-17-18-19(21(22)24)20(23)4-2/h4,11-12,19H,2-3,5-10,13-18H2,1H3,(H2,22,24)/b12-11-. The average molecular weight is 336 g/mol. The molecule has 0 spiro atoms. The number of unbranched alkanes of at least 4 members (excludes halogenated alkanes) is 10. The molecule has 3 nitrogen and oxygen atoms in total. The summed E-state index contributed by atoms with van der Waals surface area (Å²) in [5.74, 6) is -1.46. The van der Waals surface area contributed by atoms with Gasteiger partial charge in [-0.25, -0.2) is 0 Å². The maximum absolute atomic E-state index is 11.5. The van der Waals surface area contributed by atoms with Gasteiger partial charge in [-0.3, -0.25) is 9.59 Å². The summed E-state index contributed by atoms with van der Waals surface area (Å²) in [6.07, 6.45) is 21.0. The van der Waals surface area contributed by atoms with Crippen LogP contribution in [0.3, 0.4) is 0 Å². The van der Waals surface area contributed by atoms with Crippen molar-refractivity contribution in [2.75, 3.05) is 0 Å². The number of amides is 1. The molecule has 0 aliphatic heterocycles. The van der Waals surface area contributed by atoms with E-state index in [0.29, 0.717) is 6.42 Å². The van der Waals surface area contributed by atoms with Gasteiger partial charge in [0.2, 0.25) is 5.91 Å². The minimum Gasteiger partial charge on any atom is -0.369 e. The fourth-order valence-corrected chi connectivity index (χ4v) is 2.81. The van der Waals surface area contributed by atoms with E-state index in [1.54, 1.807) is 0 Å². The minimum absolute atomic E-state index is 0.250. The maximum Gasteiger partial charge on any atom is 0.228 e. The zero-order valence-corrected chi connectivity index (χ0v) is 15.6. The van der Waals surface area contributed by atoms with Gasteiger partial charge in [0.25, 0.3) is 0 Å². The van der Waals surface area contributed by atoms with Gasteiger partial charge in [0, 0.05) is 0 Å². The van der Waals surface area contributed by atoms with E-state index in [0.717, 1.165) is 25.7 Å². The molecule has 0 heterocycles. The van der Waals surface area contributed by atoms with Gasteiger partial charge in [-0.05, 0) is 38.2 Å². The van der Waals surface area contributed by atoms with Crippen LogP contribution in [0.1, 0.15) is 90.4 Å². The number of rotatable bonds is 17. The van der Waals surface area contributed by atoms with Crippen LogP contribution in [0.2, 0.25) is 0 Å². The van der Waals surface area contributed by atoms with Crippen molar-refractivity contribution in [2.45, 2.75) is 90.4 Å². The van der Waals surface area contributed by atoms with Crippen LogP contribution < -0.4 is 5.73 Å². The lowest BCUT2D eigenvalue weighted by molar-refractivity contribution is -0.129. The molecule has 0 aliphatic carbocycles. The van der Waals surface area contributed by atoms with Crippen molar-refractivity contribution in [2.24, 2.45) is 11.7 Å². The number of hydrogen-bond donors (Lipinski definition) is 1. The Hall–Kier alpha value is -1.38. The van der Waals surface area contributed by atoms with Crippen LogP contribution in [0.4, 0.5) is 0 Å². The van der Waals surface area contributed by atoms with Crippen molar-refractivity contribution in [3.63, 3.8) is 0 Å². The summed E-state index contributed by atoms with van der Waals surface area (Å²) in [4.78, 5) is 22.7. The summed E-state index contributed by atoms with van der Waals surface area (Å²) >= 11 is 0. The van der Waals surface area contributed by atoms with Crippen molar-refractivity contribution < 1.29 is 9.59 Å². The Morgan fingerprint density at radius 2 is 1.38 bits per heavy atom. The molecule has 0 aromatic heterocycles. The summed E-state index contributed by atoms with van der Waals surface area (Å²) in [5, 5.41) is 0. The van der Waals surface area contributed by atoms with Crippen molar-refractivity contribution in [1.82, 2.24) is 0 Å². The summed E-state index contributed by atoms with van der Waals surface area (Å²) in [6, 6.07) is 0. The molecule has 0 fully saturated rings. The molecule has 1 atom stereocenters. The lowest BCUT2D eigenvalue weighted by Gasteiger charge is -2.09. The minimum atomic E-state index is -0.681. The lowest BCUT2D eigenvalue weighted by atomic mass is 9.95. The summed E-state index contributed by atoms with van der Waals surface area (Å²) < 4.78 is 0. The molecule has 24 heavy (non-hydrogen) atoms. The van der Waals surface area contributed by atoms with Crippen molar-refractivity contribution in [3.8, 4) is 0 Å². The molecule has 1 unspecified atom stereocenters. The van der Waals surface area contributed by atoms with Gasteiger partial charge in [0.1, 0.15) is 5.92 Å². The Balaban J connectivity index is 3.47. The van der Waals surface area contributed by atoms with Crippen LogP contribution in [-0.2, 0) is 9.59 Å². The number of carbonyl (C=O) groups excluding carboxylic acids is 2. The number of primary amides is 1. The van der Waals surface area contributed by atoms with E-state index in [4.69, 9.17) is 5.73 Å². The second kappa shape index (κ2) is 16.5. The first-order valence-electron chi connectivity index (χ1n) is 9.74. The largest absolute Gasteiger partial charge is 0.369 e. The Labute approximate surface area is 148 Å². The zero-order valence-electron chi connectivity index (χ0n) is 15.6. The van der Waals surface area contributed by atoms with Gasteiger partial charge in [-0.15, -0.1) is 0 Å². The summed E-state index contributed by atoms with van der Waals surface area (Å²) in [6.45, 7) is 5.67. The molecule has 0 bridgehead atoms. The predicted molar refractivity (Wildman–Crippen MR) is 103 cm³/mol. The van der Waals surface area contributed by atoms with Crippen LogP contribution >= 0.6 is 0 Å². The molecule has 2 N–H and O–H groups in total. The molecule has 0 radical (unpaired) electrons. The number of carbonyl (C=O) groups is 2. The third kappa shape index (κ3) is 13.1. The Morgan fingerprint density at radius 3 is 1.88 bits per heavy atom. The number of ketones is 1. The second-order valence-electron chi connectivity index (χ2n) is 6.58. The highest BCUT2D eigenvalue weighted by Gasteiger charge is 2.20. The first-order valence-corrected chi connectivity index (χ1v) is 9.74. The topological polar surface area (TPSA) is 60.2 Å². The van der Waals surface area contributed by atoms with Gasteiger partial charge < -0.3 is 5.73 Å². The Kier molecular flexibility index (Phi) is 15.5. The smallest absolute Gasteiger partial charge is 0.228 e. The van der Waals surface area contributed by atoms with E-state index < -0.39 is 11.8 Å². The van der Waals surface area contributed by atoms with Gasteiger partial charge in [0.05, 0.1) is 0 Å². The highest BCUT2D eigenvalue weighted by molar-refractivity contribution is 6.05. The predicted octanol–water partition coefficient (Wildman–Crippen LogP) is 5.49. The summed E-state index contributed by atoms with van der Waals surface area (Å²) in [7, 11) is 0. The molecule has 0 saturated carbocycles. The quantitative estimate of drug-likeness (QED) is 0.165. The lowest BCUT2D eigenvalue weighted by Crippen LogP contribution is -2.29. The van der Waals surface area contributed by atoms with Crippen LogP contribution in [-0.4, -0.2) is 11.7 Å². The highest BCUT2D eigenvalue weighted by Crippen LogP contribution is 2.13. The van der Waals surface area contributed by atoms with Crippen LogP contribution in [0.25, 0.3) is 0 Å². The van der Waals surface area contributed by atoms with Crippen molar-refractivity contribution in [3.05, 3.63) is 24.8 Å². The first-order chi connectivity index (χ1) is 11.6. The van der Waals surface area contributed by atoms with Crippen molar-refractivity contribution in [1.29, 1.82) is 0 Å². The second-order valence-corrected chi connectivity index (χ2v) is 6.58. The van der Waals surface area contributed by atoms with E-state index in [2.05, 4.69) is 25.7 Å². The van der Waals surface area contributed by atoms with E-state index in [9.17, 15) is 9.59 Å². The fraction of sp³-hybridized carbons (Fsp3) is 0.714. The molecule has 0 aromatic rings. The molecular weight excluding hydrogens is 298 g/mol. The Bertz CT molecular complexity index is 374. The highest BCUT2D eigenvalue weighted by atomic mass is 16.2. The Morgan fingerprint density at radius 1 is 0.875 bits per heavy atom. The van der Waals surface area contributed by atoms with Gasteiger partial charge in [-0.1, -0.05) is 77.0 Å². The number of hydrogen-bond acceptors (Lipinski definition) is 2. The zero-order chi connectivity index (χ0) is 18.0. The average Bonchev–Trinajstić information content (AvgIpc) is 2.57. The third-order valence-corrected chi connectivity index (χ3v) is 4.39. The SMILES string of the molecule is C=CC(=O)C(CCCCCC/C=C\CCCCCCCC)C(N)=O. The fourth-order valence-electron chi connectivity index (χ4n) is 2.81. The first kappa shape index (κ1) is 22.6. The molecular formula is C21H37NO2. The maximum atomic E-state index is 11.5. The molecule has 1 amide bonds. The van der Waals surface area contributed by atoms with Crippen LogP contribution in [0.15, 0.2) is 24.8 Å². The molecule has 0 rings (SSSR count). The number of allylic oxidation sites excluding steroid dienone is 3. The van der Waals surface area contributed by atoms with Gasteiger partial charge in [-0.2, -0.15) is 0 Å². The van der Waals surface area contributed by atoms with Crippen LogP contribution in [0, 0.1) is 5.92 Å². The molecule has 3 heteroatoms. The third-order valence-electron chi connectivity index (χ3n) is 4.39. The normalized spacial score (nSPS) is 12.4. The monoisotopic (exact) mass is 335 g/mol. The van der Waals surface area contributed by atoms with E-state index in [-0.39, 0.29) is 5.78 Å². The van der Waals surface area contributed by atoms with Gasteiger partial charge in [0.15, 0.2) is 5.78 Å². The van der Waals surface area contributed by atoms with E-state index in [1.807, 2.05) is 0 Å². The molecule has 0 aliphatic rings. The van der Waals surface area contributed by atoms with Crippen molar-refractivity contribution >= 4 is 11.7 Å². The molecule has 0 aromatic carbocycles. The molecule has 138 valence electrons. The van der Waals surface area contributed by atoms with Crippen LogP contribution in [0.5, 0.6) is 0 Å². The van der Waals surface area contributed by atoms with E-state index in [1.165, 1.54) is 57.4 Å². The number of nitrogens with two attached hydrogens (primary N) is 1. The van der Waals surface area contributed by atoms with E-state index >= 15 is 0 Å². The van der Waals surface area contributed by atoms with Gasteiger partial charge >= 0.3 is 0 Å². The summed E-state index contributed by atoms with van der Waals surface area (Å²) in [5.41, 5.74) is 5.25.